The van der Waals surface area contributed by atoms with Crippen molar-refractivity contribution in [3.05, 3.63) is 30.1 Å². The summed E-state index contributed by atoms with van der Waals surface area (Å²) in [6.45, 7) is 4.95. The number of carbonyl (C=O) groups is 1. The quantitative estimate of drug-likeness (QED) is 0.832. The topological polar surface area (TPSA) is 50.3 Å². The van der Waals surface area contributed by atoms with Crippen molar-refractivity contribution in [1.29, 1.82) is 0 Å². The largest absolute Gasteiger partial charge is 0.388 e. The maximum absolute atomic E-state index is 14.1. The number of rotatable bonds is 4. The van der Waals surface area contributed by atoms with Gasteiger partial charge in [-0.05, 0) is 32.0 Å². The van der Waals surface area contributed by atoms with E-state index in [0.29, 0.717) is 44.7 Å². The Kier molecular flexibility index (Phi) is 6.58. The molecule has 0 radical (unpaired) electrons. The zero-order valence-corrected chi connectivity index (χ0v) is 17.3. The lowest BCUT2D eigenvalue weighted by Gasteiger charge is -2.42. The second-order valence-electron chi connectivity index (χ2n) is 8.59. The summed E-state index contributed by atoms with van der Waals surface area (Å²) in [5.41, 5.74) is -0.186. The molecule has 6 nitrogen and oxygen atoms in total. The number of aliphatic hydroxyl groups is 1. The lowest BCUT2D eigenvalue weighted by Crippen LogP contribution is -2.52. The second kappa shape index (κ2) is 8.76. The van der Waals surface area contributed by atoms with Crippen molar-refractivity contribution in [2.75, 3.05) is 71.9 Å². The number of carbonyl (C=O) groups excluding carboxylic acids is 1. The number of benzene rings is 1. The Balaban J connectivity index is 1.61. The highest BCUT2D eigenvalue weighted by Gasteiger charge is 2.37. The van der Waals surface area contributed by atoms with Crippen LogP contribution in [0.3, 0.4) is 0 Å². The molecule has 3 rings (SSSR count). The molecule has 1 aromatic carbocycles. The van der Waals surface area contributed by atoms with Gasteiger partial charge >= 0.3 is 0 Å². The molecular formula is C21H33FN4O2. The summed E-state index contributed by atoms with van der Waals surface area (Å²) in [5.74, 6) is -0.154. The first-order valence-electron chi connectivity index (χ1n) is 10.1. The lowest BCUT2D eigenvalue weighted by atomic mass is 9.90. The number of halogens is 1. The maximum atomic E-state index is 14.1. The summed E-state index contributed by atoms with van der Waals surface area (Å²) in [4.78, 5) is 20.6. The smallest absolute Gasteiger partial charge is 0.227 e. The van der Waals surface area contributed by atoms with Crippen LogP contribution in [0.25, 0.3) is 0 Å². The molecule has 1 aromatic rings. The van der Waals surface area contributed by atoms with Gasteiger partial charge in [-0.2, -0.15) is 0 Å². The molecule has 0 spiro atoms. The number of piperidine rings is 1. The first kappa shape index (κ1) is 21.0. The van der Waals surface area contributed by atoms with Gasteiger partial charge < -0.3 is 19.8 Å². The Morgan fingerprint density at radius 1 is 1.18 bits per heavy atom. The van der Waals surface area contributed by atoms with Crippen molar-refractivity contribution in [3.8, 4) is 0 Å². The van der Waals surface area contributed by atoms with E-state index in [9.17, 15) is 14.3 Å². The molecule has 1 unspecified atom stereocenters. The van der Waals surface area contributed by atoms with E-state index in [4.69, 9.17) is 0 Å². The molecule has 2 fully saturated rings. The lowest BCUT2D eigenvalue weighted by molar-refractivity contribution is -0.134. The van der Waals surface area contributed by atoms with E-state index in [1.54, 1.807) is 31.1 Å². The molecule has 28 heavy (non-hydrogen) atoms. The Bertz CT molecular complexity index is 676. The predicted octanol–water partition coefficient (Wildman–Crippen LogP) is 1.11. The number of para-hydroxylation sites is 1. The van der Waals surface area contributed by atoms with E-state index >= 15 is 0 Å². The third-order valence-corrected chi connectivity index (χ3v) is 6.00. The van der Waals surface area contributed by atoms with Gasteiger partial charge in [-0.3, -0.25) is 9.69 Å². The zero-order chi connectivity index (χ0) is 20.3. The average molecular weight is 393 g/mol. The highest BCUT2D eigenvalue weighted by atomic mass is 19.1. The van der Waals surface area contributed by atoms with Crippen LogP contribution in [0.15, 0.2) is 24.3 Å². The third-order valence-electron chi connectivity index (χ3n) is 6.00. The molecule has 0 bridgehead atoms. The Morgan fingerprint density at radius 3 is 2.50 bits per heavy atom. The van der Waals surface area contributed by atoms with E-state index < -0.39 is 5.60 Å². The van der Waals surface area contributed by atoms with Crippen molar-refractivity contribution in [2.45, 2.75) is 18.4 Å². The number of likely N-dealkylation sites (N-methyl/N-ethyl adjacent to an activating group) is 1. The van der Waals surface area contributed by atoms with Crippen molar-refractivity contribution in [1.82, 2.24) is 14.7 Å². The van der Waals surface area contributed by atoms with Crippen LogP contribution in [0, 0.1) is 11.7 Å². The van der Waals surface area contributed by atoms with Crippen LogP contribution in [0.4, 0.5) is 10.1 Å². The van der Waals surface area contributed by atoms with Crippen LogP contribution in [0.1, 0.15) is 12.8 Å². The van der Waals surface area contributed by atoms with E-state index in [0.717, 1.165) is 19.6 Å². The zero-order valence-electron chi connectivity index (χ0n) is 17.3. The van der Waals surface area contributed by atoms with Gasteiger partial charge in [-0.25, -0.2) is 4.39 Å². The van der Waals surface area contributed by atoms with Gasteiger partial charge in [-0.1, -0.05) is 12.1 Å². The molecule has 2 heterocycles. The van der Waals surface area contributed by atoms with Crippen molar-refractivity contribution in [3.63, 3.8) is 0 Å². The second-order valence-corrected chi connectivity index (χ2v) is 8.59. The summed E-state index contributed by atoms with van der Waals surface area (Å²) in [6, 6.07) is 6.81. The van der Waals surface area contributed by atoms with Crippen LogP contribution in [0.5, 0.6) is 0 Å². The maximum Gasteiger partial charge on any atom is 0.227 e. The Labute approximate surface area is 167 Å². The first-order chi connectivity index (χ1) is 13.3. The monoisotopic (exact) mass is 392 g/mol. The number of hydrogen-bond donors (Lipinski definition) is 1. The van der Waals surface area contributed by atoms with Crippen molar-refractivity contribution in [2.24, 2.45) is 5.92 Å². The highest BCUT2D eigenvalue weighted by Crippen LogP contribution is 2.29. The SMILES string of the molecule is CN1CCN(CC2(O)CCN(c3ccccc3F)CC2)CC(C(=O)N(C)C)C1. The standard InChI is InChI=1S/C21H33FN4O2/c1-23(2)20(27)17-14-24(3)12-13-25(15-17)16-21(28)8-10-26(11-9-21)19-7-5-4-6-18(19)22/h4-7,17,28H,8-16H2,1-3H3. The van der Waals surface area contributed by atoms with Gasteiger partial charge in [0.15, 0.2) is 0 Å². The summed E-state index contributed by atoms with van der Waals surface area (Å²) in [5, 5.41) is 11.2. The van der Waals surface area contributed by atoms with E-state index in [2.05, 4.69) is 9.80 Å². The molecule has 2 aliphatic rings. The van der Waals surface area contributed by atoms with Crippen molar-refractivity contribution >= 4 is 11.6 Å². The van der Waals surface area contributed by atoms with Crippen LogP contribution in [-0.2, 0) is 4.79 Å². The molecule has 0 aromatic heterocycles. The number of amides is 1. The summed E-state index contributed by atoms with van der Waals surface area (Å²) < 4.78 is 14.1. The molecule has 1 atom stereocenters. The number of β-amino-alcohol motifs (C(OH)–C–C–N with tert-alkyl or cyclic N) is 1. The van der Waals surface area contributed by atoms with E-state index in [1.807, 2.05) is 18.0 Å². The van der Waals surface area contributed by atoms with Gasteiger partial charge in [0.1, 0.15) is 5.82 Å². The fraction of sp³-hybridized carbons (Fsp3) is 0.667. The van der Waals surface area contributed by atoms with Gasteiger partial charge in [0.2, 0.25) is 5.91 Å². The summed E-state index contributed by atoms with van der Waals surface area (Å²) >= 11 is 0. The third kappa shape index (κ3) is 5.01. The van der Waals surface area contributed by atoms with Gasteiger partial charge in [0.05, 0.1) is 17.2 Å². The number of nitrogens with zero attached hydrogens (tertiary/aromatic N) is 4. The van der Waals surface area contributed by atoms with E-state index in [-0.39, 0.29) is 17.6 Å². The summed E-state index contributed by atoms with van der Waals surface area (Å²) in [6.07, 6.45) is 1.19. The Hall–Kier alpha value is -1.70. The average Bonchev–Trinajstić information content (AvgIpc) is 2.83. The van der Waals surface area contributed by atoms with Crippen LogP contribution < -0.4 is 4.90 Å². The van der Waals surface area contributed by atoms with Gasteiger partial charge in [0, 0.05) is 59.9 Å². The first-order valence-corrected chi connectivity index (χ1v) is 10.1. The molecular weight excluding hydrogens is 359 g/mol. The molecule has 156 valence electrons. The fourth-order valence-electron chi connectivity index (χ4n) is 4.35. The van der Waals surface area contributed by atoms with Gasteiger partial charge in [-0.15, -0.1) is 0 Å². The van der Waals surface area contributed by atoms with Gasteiger partial charge in [0.25, 0.3) is 0 Å². The molecule has 2 aliphatic heterocycles. The fourth-order valence-corrected chi connectivity index (χ4v) is 4.35. The minimum atomic E-state index is -0.795. The van der Waals surface area contributed by atoms with Crippen molar-refractivity contribution < 1.29 is 14.3 Å². The highest BCUT2D eigenvalue weighted by molar-refractivity contribution is 5.78. The molecule has 0 aliphatic carbocycles. The number of hydrogen-bond acceptors (Lipinski definition) is 5. The van der Waals surface area contributed by atoms with E-state index in [1.165, 1.54) is 6.07 Å². The molecule has 1 N–H and O–H groups in total. The molecule has 0 saturated carbocycles. The minimum Gasteiger partial charge on any atom is -0.388 e. The molecule has 2 saturated heterocycles. The number of anilines is 1. The van der Waals surface area contributed by atoms with Crippen LogP contribution in [-0.4, -0.2) is 98.3 Å². The van der Waals surface area contributed by atoms with Crippen LogP contribution >= 0.6 is 0 Å². The minimum absolute atomic E-state index is 0.0791. The normalized spacial score (nSPS) is 24.0. The molecule has 1 amide bonds. The Morgan fingerprint density at radius 2 is 1.86 bits per heavy atom. The predicted molar refractivity (Wildman–Crippen MR) is 109 cm³/mol. The summed E-state index contributed by atoms with van der Waals surface area (Å²) in [7, 11) is 5.63. The molecule has 7 heteroatoms. The van der Waals surface area contributed by atoms with Crippen LogP contribution in [0.2, 0.25) is 0 Å².